The van der Waals surface area contributed by atoms with E-state index in [0.717, 1.165) is 21.5 Å². The lowest BCUT2D eigenvalue weighted by Gasteiger charge is -2.29. The molecule has 8 rings (SSSR count). The van der Waals surface area contributed by atoms with Crippen LogP contribution in [0.15, 0.2) is 146 Å². The molecule has 0 saturated heterocycles. The van der Waals surface area contributed by atoms with E-state index in [-0.39, 0.29) is 11.4 Å². The first-order chi connectivity index (χ1) is 24.9. The van der Waals surface area contributed by atoms with Gasteiger partial charge in [-0.05, 0) is 106 Å². The van der Waals surface area contributed by atoms with Crippen LogP contribution in [0, 0.1) is 11.6 Å². The van der Waals surface area contributed by atoms with Crippen molar-refractivity contribution in [2.75, 3.05) is 9.80 Å². The van der Waals surface area contributed by atoms with Crippen molar-refractivity contribution in [2.45, 2.75) is 0 Å². The van der Waals surface area contributed by atoms with Crippen LogP contribution in [0.5, 0.6) is 0 Å². The zero-order valence-electron chi connectivity index (χ0n) is 30.8. The van der Waals surface area contributed by atoms with Gasteiger partial charge in [-0.3, -0.25) is 9.97 Å². The molecule has 2 heterocycles. The molecule has 0 N–H and O–H groups in total. The molecule has 0 aliphatic carbocycles. The highest BCUT2D eigenvalue weighted by molar-refractivity contribution is 6.28. The third-order valence-electron chi connectivity index (χ3n) is 7.63. The van der Waals surface area contributed by atoms with Crippen LogP contribution >= 0.6 is 0 Å². The maximum Gasteiger partial charge on any atom is 0.123 e. The summed E-state index contributed by atoms with van der Waals surface area (Å²) in [6, 6.07) is 24.2. The molecule has 6 aromatic carbocycles. The van der Waals surface area contributed by atoms with E-state index in [0.29, 0.717) is 33.5 Å². The molecular weight excluding hydrogens is 550 g/mol. The molecule has 0 radical (unpaired) electrons. The molecule has 0 amide bonds. The van der Waals surface area contributed by atoms with E-state index < -0.39 is 60.5 Å². The minimum Gasteiger partial charge on any atom is -0.308 e. The molecule has 0 saturated carbocycles. The summed E-state index contributed by atoms with van der Waals surface area (Å²) in [6.45, 7) is 0. The van der Waals surface area contributed by atoms with Gasteiger partial charge in [0.05, 0.1) is 46.1 Å². The second kappa shape index (κ2) is 10.4. The molecule has 0 spiro atoms. The van der Waals surface area contributed by atoms with E-state index in [2.05, 4.69) is 9.97 Å². The van der Waals surface area contributed by atoms with Gasteiger partial charge in [0, 0.05) is 34.5 Å². The van der Waals surface area contributed by atoms with Gasteiger partial charge >= 0.3 is 0 Å². The van der Waals surface area contributed by atoms with Gasteiger partial charge in [0.25, 0.3) is 0 Å². The zero-order chi connectivity index (χ0) is 36.6. The maximum absolute atomic E-state index is 14.2. The van der Waals surface area contributed by atoms with Gasteiger partial charge in [0.15, 0.2) is 0 Å². The largest absolute Gasteiger partial charge is 0.308 e. The molecule has 0 unspecified atom stereocenters. The predicted molar refractivity (Wildman–Crippen MR) is 175 cm³/mol. The number of hydrogen-bond donors (Lipinski definition) is 0. The highest BCUT2D eigenvalue weighted by atomic mass is 19.1. The topological polar surface area (TPSA) is 32.3 Å². The number of anilines is 6. The molecule has 210 valence electrons. The summed E-state index contributed by atoms with van der Waals surface area (Å²) in [7, 11) is 0. The molecule has 0 atom stereocenters. The summed E-state index contributed by atoms with van der Waals surface area (Å²) in [5.74, 6) is -0.987. The Bertz CT molecular complexity index is 2520. The number of benzene rings is 6. The Labute approximate surface area is 263 Å². The van der Waals surface area contributed by atoms with Gasteiger partial charge in [-0.15, -0.1) is 0 Å². The summed E-state index contributed by atoms with van der Waals surface area (Å²) < 4.78 is 96.1. The SMILES string of the molecule is [2H]c1nc([2H])c(N(c2ccc(F)cc2)c2ccc3ccc4c(N(c5ccc(F)cc5)c5c([2H])nc([2H])c([2H])c5[2H])ccc5ccc2c3c54)c([2H])c1[2H]. The monoisotopic (exact) mass is 582 g/mol. The summed E-state index contributed by atoms with van der Waals surface area (Å²) >= 11 is 0. The molecule has 8 aromatic rings. The Morgan fingerprint density at radius 2 is 0.886 bits per heavy atom. The first kappa shape index (κ1) is 18.6. The fourth-order valence-corrected chi connectivity index (χ4v) is 5.78. The molecule has 44 heavy (non-hydrogen) atoms. The standard InChI is InChI=1S/C38H24F2N4/c39-27-9-13-29(14-10-27)43(31-3-1-21-41-23-31)35-19-7-25-6-18-34-36(20-8-26-5-17-33(35)37(25)38(26)34)44(32-4-2-22-42-24-32)30-15-11-28(40)12-16-30/h1-24H/i1D,2D,3D,4D,21D,22D,23D,24D. The van der Waals surface area contributed by atoms with Gasteiger partial charge < -0.3 is 9.80 Å². The highest BCUT2D eigenvalue weighted by Crippen LogP contribution is 2.47. The van der Waals surface area contributed by atoms with Crippen molar-refractivity contribution in [1.29, 1.82) is 0 Å². The smallest absolute Gasteiger partial charge is 0.123 e. The van der Waals surface area contributed by atoms with E-state index in [4.69, 9.17) is 11.0 Å². The van der Waals surface area contributed by atoms with Crippen LogP contribution in [0.2, 0.25) is 0 Å². The van der Waals surface area contributed by atoms with Crippen LogP contribution in [-0.4, -0.2) is 9.97 Å². The van der Waals surface area contributed by atoms with Gasteiger partial charge in [-0.25, -0.2) is 8.78 Å². The first-order valence-electron chi connectivity index (χ1n) is 17.6. The van der Waals surface area contributed by atoms with Crippen molar-refractivity contribution in [3.05, 3.63) is 158 Å². The van der Waals surface area contributed by atoms with E-state index in [1.54, 1.807) is 21.9 Å². The lowest BCUT2D eigenvalue weighted by molar-refractivity contribution is 0.627. The fraction of sp³-hybridized carbons (Fsp3) is 0. The Morgan fingerprint density at radius 3 is 1.32 bits per heavy atom. The van der Waals surface area contributed by atoms with Crippen molar-refractivity contribution in [3.8, 4) is 0 Å². The third kappa shape index (κ3) is 4.27. The van der Waals surface area contributed by atoms with Crippen molar-refractivity contribution in [2.24, 2.45) is 0 Å². The summed E-state index contributed by atoms with van der Waals surface area (Å²) in [4.78, 5) is 11.0. The van der Waals surface area contributed by atoms with Crippen molar-refractivity contribution >= 4 is 66.4 Å². The van der Waals surface area contributed by atoms with Crippen molar-refractivity contribution < 1.29 is 19.7 Å². The Balaban J connectivity index is 1.45. The fourth-order valence-electron chi connectivity index (χ4n) is 5.78. The second-order valence-corrected chi connectivity index (χ2v) is 10.1. The molecule has 0 aliphatic heterocycles. The van der Waals surface area contributed by atoms with Gasteiger partial charge in [-0.1, -0.05) is 36.4 Å². The normalized spacial score (nSPS) is 14.0. The van der Waals surface area contributed by atoms with Gasteiger partial charge in [0.2, 0.25) is 0 Å². The number of pyridine rings is 2. The lowest BCUT2D eigenvalue weighted by Crippen LogP contribution is -2.11. The van der Waals surface area contributed by atoms with E-state index in [1.165, 1.54) is 48.5 Å². The van der Waals surface area contributed by atoms with Crippen LogP contribution in [0.1, 0.15) is 11.0 Å². The Morgan fingerprint density at radius 1 is 0.477 bits per heavy atom. The van der Waals surface area contributed by atoms with Crippen LogP contribution < -0.4 is 9.80 Å². The number of rotatable bonds is 6. The summed E-state index contributed by atoms with van der Waals surface area (Å²) in [5.41, 5.74) is 1.64. The van der Waals surface area contributed by atoms with Crippen molar-refractivity contribution in [3.63, 3.8) is 0 Å². The Kier molecular flexibility index (Phi) is 4.42. The number of hydrogen-bond acceptors (Lipinski definition) is 4. The van der Waals surface area contributed by atoms with Crippen molar-refractivity contribution in [1.82, 2.24) is 9.97 Å². The van der Waals surface area contributed by atoms with E-state index in [9.17, 15) is 8.78 Å². The molecule has 0 bridgehead atoms. The number of nitrogens with zero attached hydrogens (tertiary/aromatic N) is 4. The molecule has 0 fully saturated rings. The predicted octanol–water partition coefficient (Wildman–Crippen LogP) is 10.6. The van der Waals surface area contributed by atoms with Crippen LogP contribution in [-0.2, 0) is 0 Å². The van der Waals surface area contributed by atoms with Crippen LogP contribution in [0.3, 0.4) is 0 Å². The average Bonchev–Trinajstić information content (AvgIpc) is 3.13. The summed E-state index contributed by atoms with van der Waals surface area (Å²) in [5, 5.41) is 4.54. The minimum atomic E-state index is -0.511. The van der Waals surface area contributed by atoms with Crippen LogP contribution in [0.4, 0.5) is 42.9 Å². The molecule has 2 aromatic heterocycles. The first-order valence-corrected chi connectivity index (χ1v) is 13.6. The molecule has 6 heteroatoms. The maximum atomic E-state index is 14.2. The molecule has 0 aliphatic rings. The van der Waals surface area contributed by atoms with E-state index in [1.807, 2.05) is 36.4 Å². The van der Waals surface area contributed by atoms with Gasteiger partial charge in [-0.2, -0.15) is 0 Å². The second-order valence-electron chi connectivity index (χ2n) is 10.1. The Hall–Kier alpha value is -5.88. The summed E-state index contributed by atoms with van der Waals surface area (Å²) in [6.07, 6.45) is -1.83. The molecular formula is C38H24F2N4. The van der Waals surface area contributed by atoms with Gasteiger partial charge in [0.1, 0.15) is 11.6 Å². The lowest BCUT2D eigenvalue weighted by atomic mass is 9.92. The zero-order valence-corrected chi connectivity index (χ0v) is 22.8. The third-order valence-corrected chi connectivity index (χ3v) is 7.63. The average molecular weight is 583 g/mol. The molecule has 4 nitrogen and oxygen atoms in total. The quantitative estimate of drug-likeness (QED) is 0.183. The van der Waals surface area contributed by atoms with Crippen LogP contribution in [0.25, 0.3) is 32.3 Å². The van der Waals surface area contributed by atoms with E-state index >= 15 is 0 Å². The minimum absolute atomic E-state index is 0.0618. The highest BCUT2D eigenvalue weighted by Gasteiger charge is 2.21. The number of aromatic nitrogens is 2. The number of halogens is 2.